The molecule has 0 amide bonds. The molecule has 11 heteroatoms. The Balaban J connectivity index is 1.16. The number of hydrogen-bond acceptors (Lipinski definition) is 8. The fourth-order valence-corrected chi connectivity index (χ4v) is 5.67. The van der Waals surface area contributed by atoms with Gasteiger partial charge in [0.25, 0.3) is 0 Å². The minimum atomic E-state index is -0.292. The van der Waals surface area contributed by atoms with Crippen molar-refractivity contribution in [1.29, 1.82) is 0 Å². The molecule has 1 fully saturated rings. The first-order chi connectivity index (χ1) is 20.1. The van der Waals surface area contributed by atoms with E-state index in [0.717, 1.165) is 39.8 Å². The minimum Gasteiger partial charge on any atom is -0.496 e. The van der Waals surface area contributed by atoms with Crippen LogP contribution < -0.4 is 4.74 Å². The first-order valence-corrected chi connectivity index (χ1v) is 13.4. The SMILES string of the molecule is COc1cccc(F)c1CN1CC(OC)C[C@@H](c2nnc(-c3ccc4[nH]nc(-c5ccc6nccn6c5)c4c3)o2)C1. The molecule has 1 aliphatic heterocycles. The normalized spacial score (nSPS) is 17.9. The molecule has 0 aliphatic carbocycles. The van der Waals surface area contributed by atoms with Gasteiger partial charge in [0.15, 0.2) is 0 Å². The summed E-state index contributed by atoms with van der Waals surface area (Å²) in [6, 6.07) is 14.8. The lowest BCUT2D eigenvalue weighted by Crippen LogP contribution is -2.42. The zero-order valence-corrected chi connectivity index (χ0v) is 22.6. The van der Waals surface area contributed by atoms with Gasteiger partial charge in [0.05, 0.1) is 24.6 Å². The Morgan fingerprint density at radius 1 is 1.07 bits per heavy atom. The number of aromatic nitrogens is 6. The molecule has 208 valence electrons. The molecule has 0 radical (unpaired) electrons. The molecule has 1 unspecified atom stereocenters. The lowest BCUT2D eigenvalue weighted by Gasteiger charge is -2.36. The molecule has 41 heavy (non-hydrogen) atoms. The molecule has 4 aromatic heterocycles. The summed E-state index contributed by atoms with van der Waals surface area (Å²) in [6.45, 7) is 1.68. The van der Waals surface area contributed by atoms with Crippen molar-refractivity contribution in [1.82, 2.24) is 34.7 Å². The van der Waals surface area contributed by atoms with Gasteiger partial charge in [0, 0.05) is 67.4 Å². The number of ether oxygens (including phenoxy) is 2. The van der Waals surface area contributed by atoms with Crippen LogP contribution in [-0.2, 0) is 11.3 Å². The van der Waals surface area contributed by atoms with E-state index in [0.29, 0.717) is 42.7 Å². The molecule has 0 saturated carbocycles. The Labute approximate surface area is 234 Å². The zero-order valence-electron chi connectivity index (χ0n) is 22.6. The highest BCUT2D eigenvalue weighted by Crippen LogP contribution is 2.34. The molecule has 0 bridgehead atoms. The van der Waals surface area contributed by atoms with Crippen LogP contribution >= 0.6 is 0 Å². The van der Waals surface area contributed by atoms with Crippen molar-refractivity contribution >= 4 is 16.6 Å². The Kier molecular flexibility index (Phi) is 6.44. The fraction of sp³-hybridized carbons (Fsp3) is 0.267. The molecule has 10 nitrogen and oxygen atoms in total. The van der Waals surface area contributed by atoms with Crippen molar-refractivity contribution in [2.24, 2.45) is 0 Å². The number of pyridine rings is 1. The number of aromatic amines is 1. The molecule has 2 atom stereocenters. The fourth-order valence-electron chi connectivity index (χ4n) is 5.67. The van der Waals surface area contributed by atoms with Gasteiger partial charge in [-0.25, -0.2) is 9.37 Å². The number of halogens is 1. The predicted molar refractivity (Wildman–Crippen MR) is 150 cm³/mol. The summed E-state index contributed by atoms with van der Waals surface area (Å²) >= 11 is 0. The second-order valence-electron chi connectivity index (χ2n) is 10.3. The third-order valence-corrected chi connectivity index (χ3v) is 7.76. The van der Waals surface area contributed by atoms with Crippen molar-refractivity contribution in [3.63, 3.8) is 0 Å². The van der Waals surface area contributed by atoms with Gasteiger partial charge in [-0.3, -0.25) is 10.00 Å². The Morgan fingerprint density at radius 2 is 1.98 bits per heavy atom. The number of fused-ring (bicyclic) bond motifs is 2. The Hall–Kier alpha value is -4.61. The first kappa shape index (κ1) is 25.4. The van der Waals surface area contributed by atoms with Gasteiger partial charge in [0.1, 0.15) is 22.9 Å². The maximum atomic E-state index is 14.7. The second-order valence-corrected chi connectivity index (χ2v) is 10.3. The van der Waals surface area contributed by atoms with E-state index in [4.69, 9.17) is 13.9 Å². The van der Waals surface area contributed by atoms with Crippen LogP contribution in [0.1, 0.15) is 23.8 Å². The Bertz CT molecular complexity index is 1840. The number of nitrogens with zero attached hydrogens (tertiary/aromatic N) is 6. The molecular weight excluding hydrogens is 525 g/mol. The van der Waals surface area contributed by atoms with Gasteiger partial charge < -0.3 is 18.3 Å². The van der Waals surface area contributed by atoms with E-state index in [1.54, 1.807) is 32.5 Å². The molecule has 6 aromatic rings. The summed E-state index contributed by atoms with van der Waals surface area (Å²) in [5.74, 6) is 1.13. The summed E-state index contributed by atoms with van der Waals surface area (Å²) in [5.41, 5.74) is 4.89. The van der Waals surface area contributed by atoms with E-state index >= 15 is 0 Å². The second kappa shape index (κ2) is 10.4. The zero-order chi connectivity index (χ0) is 27.9. The van der Waals surface area contributed by atoms with E-state index in [-0.39, 0.29) is 17.8 Å². The van der Waals surface area contributed by atoms with Crippen LogP contribution in [0.15, 0.2) is 71.5 Å². The number of piperidine rings is 1. The van der Waals surface area contributed by atoms with E-state index < -0.39 is 0 Å². The van der Waals surface area contributed by atoms with Gasteiger partial charge in [-0.1, -0.05) is 6.07 Å². The van der Waals surface area contributed by atoms with Gasteiger partial charge >= 0.3 is 0 Å². The summed E-state index contributed by atoms with van der Waals surface area (Å²) in [6.07, 6.45) is 6.36. The van der Waals surface area contributed by atoms with Crippen LogP contribution in [0.5, 0.6) is 5.75 Å². The standard InChI is InChI=1S/C30H28FN7O3/c1-39-21-12-20(14-37(16-21)17-23-24(31)4-3-5-26(23)40-2)30-36-35-29(41-30)18-6-8-25-22(13-18)28(34-33-25)19-7-9-27-32-10-11-38(27)15-19/h3-11,13,15,20-21H,12,14,16-17H2,1-2H3,(H,33,34)/t20-,21?/m1/s1. The average Bonchev–Trinajstić information content (AvgIpc) is 3.77. The molecule has 1 N–H and O–H groups in total. The van der Waals surface area contributed by atoms with Crippen LogP contribution in [0.3, 0.4) is 0 Å². The maximum Gasteiger partial charge on any atom is 0.247 e. The highest BCUT2D eigenvalue weighted by atomic mass is 19.1. The van der Waals surface area contributed by atoms with Gasteiger partial charge in [-0.05, 0) is 48.9 Å². The van der Waals surface area contributed by atoms with Gasteiger partial charge in [-0.2, -0.15) is 5.10 Å². The van der Waals surface area contributed by atoms with E-state index in [1.807, 2.05) is 47.1 Å². The van der Waals surface area contributed by atoms with Crippen molar-refractivity contribution in [3.05, 3.63) is 84.4 Å². The molecule has 1 aliphatic rings. The average molecular weight is 554 g/mol. The summed E-state index contributed by atoms with van der Waals surface area (Å²) < 4.78 is 34.0. The molecular formula is C30H28FN7O3. The highest BCUT2D eigenvalue weighted by Gasteiger charge is 2.32. The summed E-state index contributed by atoms with van der Waals surface area (Å²) in [7, 11) is 3.24. The van der Waals surface area contributed by atoms with Crippen molar-refractivity contribution in [2.45, 2.75) is 25.0 Å². The Morgan fingerprint density at radius 3 is 2.85 bits per heavy atom. The van der Waals surface area contributed by atoms with Gasteiger partial charge in [-0.15, -0.1) is 10.2 Å². The first-order valence-electron chi connectivity index (χ1n) is 13.4. The molecule has 5 heterocycles. The molecule has 7 rings (SSSR count). The van der Waals surface area contributed by atoms with Crippen LogP contribution in [-0.4, -0.2) is 68.1 Å². The number of rotatable bonds is 7. The lowest BCUT2D eigenvalue weighted by atomic mass is 9.95. The summed E-state index contributed by atoms with van der Waals surface area (Å²) in [4.78, 5) is 6.47. The van der Waals surface area contributed by atoms with Crippen molar-refractivity contribution in [3.8, 4) is 28.5 Å². The number of benzene rings is 2. The van der Waals surface area contributed by atoms with Gasteiger partial charge in [0.2, 0.25) is 11.8 Å². The molecule has 2 aromatic carbocycles. The maximum absolute atomic E-state index is 14.7. The topological polar surface area (TPSA) is 107 Å². The lowest BCUT2D eigenvalue weighted by molar-refractivity contribution is 0.0148. The number of likely N-dealkylation sites (tertiary alicyclic amines) is 1. The molecule has 1 saturated heterocycles. The minimum absolute atomic E-state index is 0.0560. The van der Waals surface area contributed by atoms with Crippen molar-refractivity contribution in [2.75, 3.05) is 27.3 Å². The third-order valence-electron chi connectivity index (χ3n) is 7.76. The highest BCUT2D eigenvalue weighted by molar-refractivity contribution is 5.95. The monoisotopic (exact) mass is 553 g/mol. The van der Waals surface area contributed by atoms with E-state index in [1.165, 1.54) is 6.07 Å². The van der Waals surface area contributed by atoms with E-state index in [9.17, 15) is 4.39 Å². The number of methoxy groups -OCH3 is 2. The predicted octanol–water partition coefficient (Wildman–Crippen LogP) is 5.08. The van der Waals surface area contributed by atoms with Crippen molar-refractivity contribution < 1.29 is 18.3 Å². The van der Waals surface area contributed by atoms with Crippen LogP contribution in [0.2, 0.25) is 0 Å². The van der Waals surface area contributed by atoms with Crippen LogP contribution in [0, 0.1) is 5.82 Å². The number of imidazole rings is 1. The van der Waals surface area contributed by atoms with E-state index in [2.05, 4.69) is 30.3 Å². The van der Waals surface area contributed by atoms with Crippen LogP contribution in [0.4, 0.5) is 4.39 Å². The third kappa shape index (κ3) is 4.72. The smallest absolute Gasteiger partial charge is 0.247 e. The quantitative estimate of drug-likeness (QED) is 0.292. The molecule has 0 spiro atoms. The summed E-state index contributed by atoms with van der Waals surface area (Å²) in [5, 5.41) is 17.4. The number of hydrogen-bond donors (Lipinski definition) is 1. The largest absolute Gasteiger partial charge is 0.496 e. The van der Waals surface area contributed by atoms with Crippen LogP contribution in [0.25, 0.3) is 39.3 Å². The number of H-pyrrole nitrogens is 1. The number of nitrogens with one attached hydrogen (secondary N) is 1.